The van der Waals surface area contributed by atoms with Gasteiger partial charge in [-0.25, -0.2) is 4.79 Å². The molecule has 3 heterocycles. The molecule has 0 radical (unpaired) electrons. The Morgan fingerprint density at radius 2 is 2.10 bits per heavy atom. The van der Waals surface area contributed by atoms with Crippen LogP contribution in [-0.4, -0.2) is 41.0 Å². The Bertz CT molecular complexity index is 969. The zero-order valence-corrected chi connectivity index (χ0v) is 18.2. The molecule has 2 aliphatic rings. The van der Waals surface area contributed by atoms with Gasteiger partial charge in [-0.3, -0.25) is 9.78 Å². The summed E-state index contributed by atoms with van der Waals surface area (Å²) in [6, 6.07) is 10.9. The number of pyridine rings is 1. The summed E-state index contributed by atoms with van der Waals surface area (Å²) in [6.07, 6.45) is 5.44. The zero-order chi connectivity index (χ0) is 21.8. The second-order valence-electron chi connectivity index (χ2n) is 7.88. The van der Waals surface area contributed by atoms with E-state index in [2.05, 4.69) is 4.98 Å². The Hall–Kier alpha value is -2.70. The van der Waals surface area contributed by atoms with Crippen LogP contribution in [0.25, 0.3) is 0 Å². The first-order chi connectivity index (χ1) is 15.0. The van der Waals surface area contributed by atoms with Crippen molar-refractivity contribution in [3.05, 3.63) is 76.2 Å². The lowest BCUT2D eigenvalue weighted by molar-refractivity contribution is -0.141. The third-order valence-electron chi connectivity index (χ3n) is 5.82. The lowest BCUT2D eigenvalue weighted by Crippen LogP contribution is -2.42. The van der Waals surface area contributed by atoms with Crippen molar-refractivity contribution in [1.82, 2.24) is 9.88 Å². The predicted octanol–water partition coefficient (Wildman–Crippen LogP) is 4.25. The molecule has 2 aromatic rings. The highest BCUT2D eigenvalue weighted by Crippen LogP contribution is 2.38. The molecule has 0 N–H and O–H groups in total. The average molecular weight is 441 g/mol. The number of rotatable bonds is 6. The van der Waals surface area contributed by atoms with Crippen molar-refractivity contribution in [1.29, 1.82) is 0 Å². The number of hydrogen-bond donors (Lipinski definition) is 0. The van der Waals surface area contributed by atoms with E-state index in [4.69, 9.17) is 21.1 Å². The minimum atomic E-state index is -0.425. The Labute approximate surface area is 186 Å². The van der Waals surface area contributed by atoms with E-state index >= 15 is 0 Å². The maximum absolute atomic E-state index is 13.2. The van der Waals surface area contributed by atoms with Crippen LogP contribution >= 0.6 is 11.6 Å². The highest BCUT2D eigenvalue weighted by molar-refractivity contribution is 6.30. The first-order valence-electron chi connectivity index (χ1n) is 10.5. The van der Waals surface area contributed by atoms with Crippen molar-refractivity contribution in [2.75, 3.05) is 13.2 Å². The molecule has 0 spiro atoms. The summed E-state index contributed by atoms with van der Waals surface area (Å²) in [5.41, 5.74) is 2.80. The summed E-state index contributed by atoms with van der Waals surface area (Å²) in [7, 11) is 0. The number of carbonyl (C=O) groups excluding carboxylic acids is 2. The van der Waals surface area contributed by atoms with E-state index < -0.39 is 5.97 Å². The standard InChI is InChI=1S/C24H25ClN2O4/c1-16-23(24(29)31-15-17-4-2-10-26-13-17)21(18-6-8-19(25)9-7-18)12-22(28)27(16)14-20-5-3-11-30-20/h2,4,6-10,13,20-21H,3,5,11-12,14-15H2,1H3/t20-,21+/m0/s1. The topological polar surface area (TPSA) is 68.7 Å². The van der Waals surface area contributed by atoms with Crippen molar-refractivity contribution < 1.29 is 19.1 Å². The molecule has 0 aliphatic carbocycles. The van der Waals surface area contributed by atoms with Gasteiger partial charge in [0.1, 0.15) is 6.61 Å². The molecule has 0 bridgehead atoms. The minimum absolute atomic E-state index is 0.00125. The number of ether oxygens (including phenoxy) is 2. The summed E-state index contributed by atoms with van der Waals surface area (Å²) in [6.45, 7) is 3.10. The number of carbonyl (C=O) groups is 2. The van der Waals surface area contributed by atoms with Crippen LogP contribution in [0.1, 0.15) is 43.2 Å². The van der Waals surface area contributed by atoms with Crippen LogP contribution < -0.4 is 0 Å². The van der Waals surface area contributed by atoms with E-state index in [1.807, 2.05) is 25.1 Å². The monoisotopic (exact) mass is 440 g/mol. The van der Waals surface area contributed by atoms with Gasteiger partial charge in [0.25, 0.3) is 0 Å². The summed E-state index contributed by atoms with van der Waals surface area (Å²) < 4.78 is 11.4. The molecule has 7 heteroatoms. The Kier molecular flexibility index (Phi) is 6.68. The van der Waals surface area contributed by atoms with Crippen molar-refractivity contribution in [3.63, 3.8) is 0 Å². The molecule has 31 heavy (non-hydrogen) atoms. The fourth-order valence-electron chi connectivity index (χ4n) is 4.18. The molecule has 1 aromatic heterocycles. The largest absolute Gasteiger partial charge is 0.457 e. The molecule has 0 unspecified atom stereocenters. The highest BCUT2D eigenvalue weighted by Gasteiger charge is 2.38. The number of aromatic nitrogens is 1. The van der Waals surface area contributed by atoms with E-state index in [1.54, 1.807) is 35.5 Å². The quantitative estimate of drug-likeness (QED) is 0.628. The second-order valence-corrected chi connectivity index (χ2v) is 8.32. The highest BCUT2D eigenvalue weighted by atomic mass is 35.5. The molecule has 162 valence electrons. The third-order valence-corrected chi connectivity index (χ3v) is 6.07. The first-order valence-corrected chi connectivity index (χ1v) is 10.8. The van der Waals surface area contributed by atoms with Gasteiger partial charge in [-0.2, -0.15) is 0 Å². The molecular weight excluding hydrogens is 416 g/mol. The van der Waals surface area contributed by atoms with Gasteiger partial charge in [0.05, 0.1) is 18.2 Å². The number of hydrogen-bond acceptors (Lipinski definition) is 5. The normalized spacial score (nSPS) is 21.5. The average Bonchev–Trinajstić information content (AvgIpc) is 3.29. The number of nitrogens with zero attached hydrogens (tertiary/aromatic N) is 2. The van der Waals surface area contributed by atoms with Gasteiger partial charge < -0.3 is 14.4 Å². The fraction of sp³-hybridized carbons (Fsp3) is 0.375. The molecule has 0 saturated carbocycles. The molecule has 1 amide bonds. The van der Waals surface area contributed by atoms with Crippen LogP contribution in [0.3, 0.4) is 0 Å². The molecule has 6 nitrogen and oxygen atoms in total. The predicted molar refractivity (Wildman–Crippen MR) is 116 cm³/mol. The third kappa shape index (κ3) is 4.97. The van der Waals surface area contributed by atoms with Crippen molar-refractivity contribution in [2.24, 2.45) is 0 Å². The molecule has 1 saturated heterocycles. The van der Waals surface area contributed by atoms with Gasteiger partial charge in [-0.05, 0) is 43.5 Å². The number of benzene rings is 1. The Balaban J connectivity index is 1.63. The van der Waals surface area contributed by atoms with Crippen molar-refractivity contribution in [2.45, 2.75) is 44.8 Å². The van der Waals surface area contributed by atoms with E-state index in [0.29, 0.717) is 29.4 Å². The Morgan fingerprint density at radius 3 is 2.77 bits per heavy atom. The van der Waals surface area contributed by atoms with Crippen molar-refractivity contribution >= 4 is 23.5 Å². The lowest BCUT2D eigenvalue weighted by Gasteiger charge is -2.35. The van der Waals surface area contributed by atoms with Crippen LogP contribution in [0.4, 0.5) is 0 Å². The van der Waals surface area contributed by atoms with Crippen LogP contribution in [0.5, 0.6) is 0 Å². The molecule has 4 rings (SSSR count). The number of amides is 1. The number of allylic oxidation sites excluding steroid dienone is 1. The van der Waals surface area contributed by atoms with Crippen molar-refractivity contribution in [3.8, 4) is 0 Å². The second kappa shape index (κ2) is 9.62. The first kappa shape index (κ1) is 21.5. The Morgan fingerprint density at radius 1 is 1.29 bits per heavy atom. The molecule has 2 atom stereocenters. The number of halogens is 1. The van der Waals surface area contributed by atoms with Gasteiger partial charge in [0, 0.05) is 47.6 Å². The van der Waals surface area contributed by atoms with Crippen LogP contribution in [-0.2, 0) is 25.7 Å². The van der Waals surface area contributed by atoms with Gasteiger partial charge >= 0.3 is 5.97 Å². The maximum atomic E-state index is 13.2. The summed E-state index contributed by atoms with van der Waals surface area (Å²) in [5.74, 6) is -0.824. The summed E-state index contributed by atoms with van der Waals surface area (Å²) >= 11 is 6.04. The van der Waals surface area contributed by atoms with Gasteiger partial charge in [0.2, 0.25) is 5.91 Å². The smallest absolute Gasteiger partial charge is 0.336 e. The fourth-order valence-corrected chi connectivity index (χ4v) is 4.31. The SMILES string of the molecule is CC1=C(C(=O)OCc2cccnc2)[C@@H](c2ccc(Cl)cc2)CC(=O)N1C[C@@H]1CCCO1. The molecule has 2 aliphatic heterocycles. The van der Waals surface area contributed by atoms with Crippen LogP contribution in [0.2, 0.25) is 5.02 Å². The number of esters is 1. The summed E-state index contributed by atoms with van der Waals surface area (Å²) in [5, 5.41) is 0.604. The zero-order valence-electron chi connectivity index (χ0n) is 17.4. The minimum Gasteiger partial charge on any atom is -0.457 e. The van der Waals surface area contributed by atoms with E-state index in [-0.39, 0.29) is 31.0 Å². The van der Waals surface area contributed by atoms with E-state index in [1.165, 1.54) is 0 Å². The summed E-state index contributed by atoms with van der Waals surface area (Å²) in [4.78, 5) is 32.0. The van der Waals surface area contributed by atoms with Gasteiger partial charge in [-0.15, -0.1) is 0 Å². The van der Waals surface area contributed by atoms with E-state index in [0.717, 1.165) is 24.0 Å². The maximum Gasteiger partial charge on any atom is 0.336 e. The van der Waals surface area contributed by atoms with Crippen LogP contribution in [0.15, 0.2) is 60.1 Å². The van der Waals surface area contributed by atoms with Gasteiger partial charge in [0.15, 0.2) is 0 Å². The van der Waals surface area contributed by atoms with Gasteiger partial charge in [-0.1, -0.05) is 29.8 Å². The lowest BCUT2D eigenvalue weighted by atomic mass is 9.83. The molecule has 1 fully saturated rings. The molecular formula is C24H25ClN2O4. The van der Waals surface area contributed by atoms with Crippen LogP contribution in [0, 0.1) is 0 Å². The van der Waals surface area contributed by atoms with E-state index in [9.17, 15) is 9.59 Å². The molecule has 1 aromatic carbocycles.